The first-order valence-corrected chi connectivity index (χ1v) is 5.16. The average molecular weight is 229 g/mol. The van der Waals surface area contributed by atoms with Crippen LogP contribution in [0.5, 0.6) is 0 Å². The van der Waals surface area contributed by atoms with E-state index in [2.05, 4.69) is 9.97 Å². The van der Waals surface area contributed by atoms with E-state index in [0.717, 1.165) is 0 Å². The Hall–Kier alpha value is -1.30. The highest BCUT2D eigenvalue weighted by molar-refractivity contribution is 5.31. The van der Waals surface area contributed by atoms with Crippen molar-refractivity contribution in [3.05, 3.63) is 18.0 Å². The molecule has 0 amide bonds. The second-order valence-corrected chi connectivity index (χ2v) is 3.85. The van der Waals surface area contributed by atoms with Crippen LogP contribution in [-0.4, -0.2) is 34.1 Å². The number of hydrogen-bond acceptors (Lipinski definition) is 4. The first-order chi connectivity index (χ1) is 7.61. The number of rotatable bonds is 2. The molecule has 1 aliphatic rings. The standard InChI is InChI=1S/C10H13F2N3O/c11-10(12)2-5-15(6-3-10)9-13-4-1-8(7-16)14-9/h1,4,16H,2-3,5-7H2. The van der Waals surface area contributed by atoms with E-state index in [1.807, 2.05) is 0 Å². The second-order valence-electron chi connectivity index (χ2n) is 3.85. The smallest absolute Gasteiger partial charge is 0.251 e. The Balaban J connectivity index is 2.08. The van der Waals surface area contributed by atoms with Crippen LogP contribution in [0.15, 0.2) is 12.3 Å². The summed E-state index contributed by atoms with van der Waals surface area (Å²) in [6.45, 7) is 0.337. The van der Waals surface area contributed by atoms with Gasteiger partial charge in [0.2, 0.25) is 5.95 Å². The minimum absolute atomic E-state index is 0.167. The van der Waals surface area contributed by atoms with Crippen molar-refractivity contribution in [2.75, 3.05) is 18.0 Å². The Morgan fingerprint density at radius 2 is 2.06 bits per heavy atom. The molecule has 2 rings (SSSR count). The van der Waals surface area contributed by atoms with Crippen LogP contribution >= 0.6 is 0 Å². The summed E-state index contributed by atoms with van der Waals surface area (Å²) in [5.74, 6) is -2.15. The lowest BCUT2D eigenvalue weighted by molar-refractivity contribution is -0.0222. The van der Waals surface area contributed by atoms with Crippen molar-refractivity contribution in [3.63, 3.8) is 0 Å². The Bertz CT molecular complexity index is 363. The number of anilines is 1. The van der Waals surface area contributed by atoms with E-state index in [1.54, 1.807) is 11.0 Å². The predicted molar refractivity (Wildman–Crippen MR) is 54.3 cm³/mol. The molecule has 0 aromatic carbocycles. The van der Waals surface area contributed by atoms with Crippen LogP contribution in [0.3, 0.4) is 0 Å². The third-order valence-electron chi connectivity index (χ3n) is 2.64. The Labute approximate surface area is 91.9 Å². The number of aromatic nitrogens is 2. The first-order valence-electron chi connectivity index (χ1n) is 5.16. The summed E-state index contributed by atoms with van der Waals surface area (Å²) >= 11 is 0. The lowest BCUT2D eigenvalue weighted by Crippen LogP contribution is -2.40. The Kier molecular flexibility index (Phi) is 3.00. The highest BCUT2D eigenvalue weighted by atomic mass is 19.3. The summed E-state index contributed by atoms with van der Waals surface area (Å²) in [6.07, 6.45) is 1.19. The maximum absolute atomic E-state index is 12.9. The lowest BCUT2D eigenvalue weighted by Gasteiger charge is -2.31. The van der Waals surface area contributed by atoms with E-state index in [4.69, 9.17) is 5.11 Å². The number of nitrogens with zero attached hydrogens (tertiary/aromatic N) is 3. The molecule has 1 aromatic rings. The van der Waals surface area contributed by atoms with Crippen molar-refractivity contribution in [3.8, 4) is 0 Å². The fourth-order valence-corrected chi connectivity index (χ4v) is 1.66. The molecule has 2 heterocycles. The number of hydrogen-bond donors (Lipinski definition) is 1. The van der Waals surface area contributed by atoms with Gasteiger partial charge in [-0.25, -0.2) is 18.7 Å². The summed E-state index contributed by atoms with van der Waals surface area (Å²) in [5.41, 5.74) is 0.502. The van der Waals surface area contributed by atoms with Gasteiger partial charge < -0.3 is 10.0 Å². The van der Waals surface area contributed by atoms with Crippen LogP contribution in [0.2, 0.25) is 0 Å². The van der Waals surface area contributed by atoms with Crippen molar-refractivity contribution in [2.45, 2.75) is 25.4 Å². The Morgan fingerprint density at radius 3 is 2.69 bits per heavy atom. The van der Waals surface area contributed by atoms with Gasteiger partial charge in [-0.05, 0) is 6.07 Å². The zero-order valence-electron chi connectivity index (χ0n) is 8.74. The van der Waals surface area contributed by atoms with Crippen LogP contribution in [0.25, 0.3) is 0 Å². The van der Waals surface area contributed by atoms with E-state index in [0.29, 0.717) is 11.6 Å². The SMILES string of the molecule is OCc1ccnc(N2CCC(F)(F)CC2)n1. The third-order valence-corrected chi connectivity index (χ3v) is 2.64. The van der Waals surface area contributed by atoms with E-state index in [1.165, 1.54) is 6.20 Å². The molecule has 1 N–H and O–H groups in total. The molecule has 0 spiro atoms. The van der Waals surface area contributed by atoms with E-state index in [9.17, 15) is 8.78 Å². The summed E-state index contributed by atoms with van der Waals surface area (Å²) in [7, 11) is 0. The number of piperidine rings is 1. The molecular formula is C10H13F2N3O. The van der Waals surface area contributed by atoms with Crippen LogP contribution in [-0.2, 0) is 6.61 Å². The third kappa shape index (κ3) is 2.44. The van der Waals surface area contributed by atoms with Gasteiger partial charge in [0.1, 0.15) is 0 Å². The second kappa shape index (κ2) is 4.29. The molecule has 1 saturated heterocycles. The monoisotopic (exact) mass is 229 g/mol. The fraction of sp³-hybridized carbons (Fsp3) is 0.600. The molecule has 6 heteroatoms. The largest absolute Gasteiger partial charge is 0.390 e. The minimum Gasteiger partial charge on any atom is -0.390 e. The number of halogens is 2. The van der Waals surface area contributed by atoms with E-state index >= 15 is 0 Å². The number of aliphatic hydroxyl groups excluding tert-OH is 1. The highest BCUT2D eigenvalue weighted by Crippen LogP contribution is 2.28. The quantitative estimate of drug-likeness (QED) is 0.828. The molecule has 0 unspecified atom stereocenters. The molecule has 1 aromatic heterocycles. The van der Waals surface area contributed by atoms with Crippen molar-refractivity contribution in [2.24, 2.45) is 0 Å². The molecule has 0 bridgehead atoms. The van der Waals surface area contributed by atoms with Crippen LogP contribution in [0.4, 0.5) is 14.7 Å². The maximum atomic E-state index is 12.9. The average Bonchev–Trinajstić information content (AvgIpc) is 2.29. The summed E-state index contributed by atoms with van der Waals surface area (Å²) in [5, 5.41) is 8.91. The molecule has 16 heavy (non-hydrogen) atoms. The summed E-state index contributed by atoms with van der Waals surface area (Å²) in [4.78, 5) is 9.82. The van der Waals surface area contributed by atoms with Crippen molar-refractivity contribution < 1.29 is 13.9 Å². The molecule has 1 fully saturated rings. The van der Waals surface area contributed by atoms with Gasteiger partial charge in [0.15, 0.2) is 0 Å². The van der Waals surface area contributed by atoms with Gasteiger partial charge in [-0.15, -0.1) is 0 Å². The normalized spacial score (nSPS) is 19.8. The Morgan fingerprint density at radius 1 is 1.38 bits per heavy atom. The number of aliphatic hydroxyl groups is 1. The van der Waals surface area contributed by atoms with Crippen molar-refractivity contribution in [1.29, 1.82) is 0 Å². The highest BCUT2D eigenvalue weighted by Gasteiger charge is 2.34. The van der Waals surface area contributed by atoms with Gasteiger partial charge in [-0.2, -0.15) is 0 Å². The first kappa shape index (κ1) is 11.2. The van der Waals surface area contributed by atoms with E-state index in [-0.39, 0.29) is 32.5 Å². The summed E-state index contributed by atoms with van der Waals surface area (Å²) in [6, 6.07) is 1.60. The number of alkyl halides is 2. The predicted octanol–water partition coefficient (Wildman–Crippen LogP) is 1.20. The van der Waals surface area contributed by atoms with Crippen LogP contribution in [0.1, 0.15) is 18.5 Å². The molecule has 1 aliphatic heterocycles. The molecule has 0 aliphatic carbocycles. The van der Waals surface area contributed by atoms with Gasteiger partial charge >= 0.3 is 0 Å². The van der Waals surface area contributed by atoms with E-state index < -0.39 is 5.92 Å². The van der Waals surface area contributed by atoms with Crippen LogP contribution < -0.4 is 4.90 Å². The minimum atomic E-state index is -2.56. The molecule has 0 radical (unpaired) electrons. The van der Waals surface area contributed by atoms with Gasteiger partial charge in [-0.3, -0.25) is 0 Å². The van der Waals surface area contributed by atoms with Gasteiger partial charge in [0.25, 0.3) is 5.92 Å². The fourth-order valence-electron chi connectivity index (χ4n) is 1.66. The van der Waals surface area contributed by atoms with Crippen molar-refractivity contribution >= 4 is 5.95 Å². The molecule has 4 nitrogen and oxygen atoms in total. The zero-order chi connectivity index (χ0) is 11.6. The molecule has 0 saturated carbocycles. The van der Waals surface area contributed by atoms with Crippen molar-refractivity contribution in [1.82, 2.24) is 9.97 Å². The zero-order valence-corrected chi connectivity index (χ0v) is 8.74. The van der Waals surface area contributed by atoms with Gasteiger partial charge in [-0.1, -0.05) is 0 Å². The topological polar surface area (TPSA) is 49.3 Å². The van der Waals surface area contributed by atoms with Gasteiger partial charge in [0.05, 0.1) is 12.3 Å². The summed E-state index contributed by atoms with van der Waals surface area (Å²) < 4.78 is 25.9. The van der Waals surface area contributed by atoms with Gasteiger partial charge in [0, 0.05) is 32.1 Å². The molecular weight excluding hydrogens is 216 g/mol. The van der Waals surface area contributed by atoms with Crippen LogP contribution in [0, 0.1) is 0 Å². The molecule has 0 atom stereocenters. The lowest BCUT2D eigenvalue weighted by atomic mass is 10.1. The molecule has 88 valence electrons. The maximum Gasteiger partial charge on any atom is 0.251 e.